The van der Waals surface area contributed by atoms with E-state index >= 15 is 0 Å². The highest BCUT2D eigenvalue weighted by atomic mass is 16.5. The van der Waals surface area contributed by atoms with Gasteiger partial charge in [-0.3, -0.25) is 0 Å². The van der Waals surface area contributed by atoms with Crippen molar-refractivity contribution in [1.29, 1.82) is 0 Å². The van der Waals surface area contributed by atoms with Gasteiger partial charge in [-0.15, -0.1) is 0 Å². The van der Waals surface area contributed by atoms with Gasteiger partial charge in [0.2, 0.25) is 0 Å². The molecule has 4 nitrogen and oxygen atoms in total. The molecule has 0 amide bonds. The van der Waals surface area contributed by atoms with E-state index in [1.165, 1.54) is 0 Å². The number of hydrogen-bond acceptors (Lipinski definition) is 3. The normalized spacial score (nSPS) is 10.2. The third-order valence-corrected chi connectivity index (χ3v) is 3.73. The second kappa shape index (κ2) is 6.87. The lowest BCUT2D eigenvalue weighted by molar-refractivity contribution is 0.0698. The van der Waals surface area contributed by atoms with Crippen LogP contribution in [0.5, 0.6) is 5.75 Å². The minimum atomic E-state index is -0.967. The smallest absolute Gasteiger partial charge is 0.337 e. The molecule has 0 atom stereocenters. The predicted octanol–water partition coefficient (Wildman–Crippen LogP) is 4.80. The molecule has 120 valence electrons. The highest BCUT2D eigenvalue weighted by Crippen LogP contribution is 2.28. The molecule has 0 aromatic heterocycles. The van der Waals surface area contributed by atoms with Crippen molar-refractivity contribution in [3.8, 4) is 16.9 Å². The van der Waals surface area contributed by atoms with Gasteiger partial charge in [-0.2, -0.15) is 0 Å². The van der Waals surface area contributed by atoms with Crippen LogP contribution in [-0.2, 0) is 0 Å². The number of hydrogen-bond donors (Lipinski definition) is 2. The van der Waals surface area contributed by atoms with E-state index in [4.69, 9.17) is 4.74 Å². The highest BCUT2D eigenvalue weighted by Gasteiger charge is 2.12. The molecular formula is C20H17NO3. The van der Waals surface area contributed by atoms with Crippen LogP contribution in [0.4, 0.5) is 11.4 Å². The Kier molecular flexibility index (Phi) is 4.47. The summed E-state index contributed by atoms with van der Waals surface area (Å²) in [5.41, 5.74) is 3.56. The Bertz CT molecular complexity index is 843. The summed E-state index contributed by atoms with van der Waals surface area (Å²) in [5.74, 6) is -0.220. The van der Waals surface area contributed by atoms with Crippen molar-refractivity contribution in [2.45, 2.75) is 0 Å². The van der Waals surface area contributed by atoms with Crippen LogP contribution in [0.3, 0.4) is 0 Å². The molecule has 0 aliphatic carbocycles. The molecule has 4 heteroatoms. The summed E-state index contributed by atoms with van der Waals surface area (Å²) in [6.07, 6.45) is 0. The lowest BCUT2D eigenvalue weighted by Gasteiger charge is -2.12. The van der Waals surface area contributed by atoms with Crippen LogP contribution >= 0.6 is 0 Å². The van der Waals surface area contributed by atoms with Gasteiger partial charge in [0.25, 0.3) is 0 Å². The molecule has 3 aromatic rings. The first-order valence-electron chi connectivity index (χ1n) is 7.51. The maximum atomic E-state index is 11.5. The summed E-state index contributed by atoms with van der Waals surface area (Å²) in [5, 5.41) is 12.6. The standard InChI is InChI=1S/C20H17NO3/c1-24-17-10-8-16(9-11-17)21-19-13-15(7-12-18(19)20(22)23)14-5-3-2-4-6-14/h2-13,21H,1H3,(H,22,23). The summed E-state index contributed by atoms with van der Waals surface area (Å²) < 4.78 is 5.14. The van der Waals surface area contributed by atoms with Crippen molar-refractivity contribution >= 4 is 17.3 Å². The zero-order valence-electron chi connectivity index (χ0n) is 13.2. The SMILES string of the molecule is COc1ccc(Nc2cc(-c3ccccc3)ccc2C(=O)O)cc1. The van der Waals surface area contributed by atoms with E-state index < -0.39 is 5.97 Å². The Morgan fingerprint density at radius 1 is 0.917 bits per heavy atom. The summed E-state index contributed by atoms with van der Waals surface area (Å²) in [4.78, 5) is 11.5. The minimum Gasteiger partial charge on any atom is -0.497 e. The first-order valence-corrected chi connectivity index (χ1v) is 7.51. The van der Waals surface area contributed by atoms with Crippen LogP contribution in [0.1, 0.15) is 10.4 Å². The second-order valence-electron chi connectivity index (χ2n) is 5.29. The zero-order chi connectivity index (χ0) is 16.9. The minimum absolute atomic E-state index is 0.227. The molecule has 0 heterocycles. The monoisotopic (exact) mass is 319 g/mol. The van der Waals surface area contributed by atoms with Crippen LogP contribution in [0, 0.1) is 0 Å². The number of anilines is 2. The molecule has 0 fully saturated rings. The van der Waals surface area contributed by atoms with Crippen molar-refractivity contribution in [3.05, 3.63) is 78.4 Å². The molecule has 0 saturated carbocycles. The van der Waals surface area contributed by atoms with Crippen LogP contribution in [0.2, 0.25) is 0 Å². The van der Waals surface area contributed by atoms with E-state index in [2.05, 4.69) is 5.32 Å². The van der Waals surface area contributed by atoms with Gasteiger partial charge in [-0.25, -0.2) is 4.79 Å². The Hall–Kier alpha value is -3.27. The summed E-state index contributed by atoms with van der Waals surface area (Å²) >= 11 is 0. The second-order valence-corrected chi connectivity index (χ2v) is 5.29. The van der Waals surface area contributed by atoms with Gasteiger partial charge in [-0.1, -0.05) is 36.4 Å². The average Bonchev–Trinajstić information content (AvgIpc) is 2.63. The Morgan fingerprint density at radius 2 is 1.62 bits per heavy atom. The fraction of sp³-hybridized carbons (Fsp3) is 0.0500. The van der Waals surface area contributed by atoms with Gasteiger partial charge >= 0.3 is 5.97 Å². The lowest BCUT2D eigenvalue weighted by atomic mass is 10.0. The molecular weight excluding hydrogens is 302 g/mol. The van der Waals surface area contributed by atoms with Crippen molar-refractivity contribution < 1.29 is 14.6 Å². The van der Waals surface area contributed by atoms with E-state index in [0.717, 1.165) is 22.6 Å². The molecule has 2 N–H and O–H groups in total. The fourth-order valence-corrected chi connectivity index (χ4v) is 2.47. The quantitative estimate of drug-likeness (QED) is 0.709. The fourth-order valence-electron chi connectivity index (χ4n) is 2.47. The van der Waals surface area contributed by atoms with E-state index in [0.29, 0.717) is 5.69 Å². The molecule has 0 aliphatic rings. The molecule has 24 heavy (non-hydrogen) atoms. The average molecular weight is 319 g/mol. The van der Waals surface area contributed by atoms with Crippen molar-refractivity contribution in [1.82, 2.24) is 0 Å². The van der Waals surface area contributed by atoms with Crippen LogP contribution in [0.15, 0.2) is 72.8 Å². The zero-order valence-corrected chi connectivity index (χ0v) is 13.2. The number of aromatic carboxylic acids is 1. The van der Waals surface area contributed by atoms with Crippen LogP contribution in [-0.4, -0.2) is 18.2 Å². The topological polar surface area (TPSA) is 58.6 Å². The molecule has 0 unspecified atom stereocenters. The van der Waals surface area contributed by atoms with Gasteiger partial charge in [0.15, 0.2) is 0 Å². The number of ether oxygens (including phenoxy) is 1. The number of benzene rings is 3. The number of carbonyl (C=O) groups is 1. The Labute approximate surface area is 140 Å². The van der Waals surface area contributed by atoms with Crippen LogP contribution < -0.4 is 10.1 Å². The molecule has 0 radical (unpaired) electrons. The van der Waals surface area contributed by atoms with E-state index in [1.54, 1.807) is 13.2 Å². The van der Waals surface area contributed by atoms with Gasteiger partial charge in [0.05, 0.1) is 18.4 Å². The van der Waals surface area contributed by atoms with Crippen LogP contribution in [0.25, 0.3) is 11.1 Å². The Balaban J connectivity index is 1.98. The first kappa shape index (κ1) is 15.6. The van der Waals surface area contributed by atoms with E-state index in [1.807, 2.05) is 66.7 Å². The third-order valence-electron chi connectivity index (χ3n) is 3.73. The first-order chi connectivity index (χ1) is 11.7. The lowest BCUT2D eigenvalue weighted by Crippen LogP contribution is -2.03. The van der Waals surface area contributed by atoms with Gasteiger partial charge in [0.1, 0.15) is 5.75 Å². The molecule has 0 saturated heterocycles. The summed E-state index contributed by atoms with van der Waals surface area (Å²) in [6.45, 7) is 0. The van der Waals surface area contributed by atoms with Crippen molar-refractivity contribution in [2.24, 2.45) is 0 Å². The molecule has 0 spiro atoms. The van der Waals surface area contributed by atoms with E-state index in [-0.39, 0.29) is 5.56 Å². The number of methoxy groups -OCH3 is 1. The maximum absolute atomic E-state index is 11.5. The largest absolute Gasteiger partial charge is 0.497 e. The number of carboxylic acid groups (broad SMARTS) is 1. The van der Waals surface area contributed by atoms with Gasteiger partial charge < -0.3 is 15.2 Å². The highest BCUT2D eigenvalue weighted by molar-refractivity contribution is 5.96. The molecule has 3 rings (SSSR count). The van der Waals surface area contributed by atoms with Crippen molar-refractivity contribution in [2.75, 3.05) is 12.4 Å². The van der Waals surface area contributed by atoms with Gasteiger partial charge in [0, 0.05) is 5.69 Å². The van der Waals surface area contributed by atoms with Crippen molar-refractivity contribution in [3.63, 3.8) is 0 Å². The molecule has 3 aromatic carbocycles. The number of rotatable bonds is 5. The predicted molar refractivity (Wildman–Crippen MR) is 95.1 cm³/mol. The van der Waals surface area contributed by atoms with Gasteiger partial charge in [-0.05, 0) is 47.5 Å². The maximum Gasteiger partial charge on any atom is 0.337 e. The summed E-state index contributed by atoms with van der Waals surface area (Å²) in [6, 6.07) is 22.5. The molecule has 0 aliphatic heterocycles. The summed E-state index contributed by atoms with van der Waals surface area (Å²) in [7, 11) is 1.61. The molecule has 0 bridgehead atoms. The number of carboxylic acids is 1. The third kappa shape index (κ3) is 3.38. The Morgan fingerprint density at radius 3 is 2.25 bits per heavy atom. The van der Waals surface area contributed by atoms with E-state index in [9.17, 15) is 9.90 Å². The number of nitrogens with one attached hydrogen (secondary N) is 1.